The van der Waals surface area contributed by atoms with Gasteiger partial charge in [0, 0.05) is 23.8 Å². The molecular weight excluding hydrogens is 290 g/mol. The molecular formula is C17H17N5O. The Morgan fingerprint density at radius 2 is 1.83 bits per heavy atom. The molecule has 3 heterocycles. The average molecular weight is 307 g/mol. The van der Waals surface area contributed by atoms with Crippen LogP contribution in [0.2, 0.25) is 0 Å². The van der Waals surface area contributed by atoms with Crippen LogP contribution in [0, 0.1) is 11.3 Å². The zero-order chi connectivity index (χ0) is 15.8. The van der Waals surface area contributed by atoms with Crippen molar-refractivity contribution in [1.82, 2.24) is 19.9 Å². The minimum absolute atomic E-state index is 0.0824. The number of benzene rings is 1. The molecule has 2 saturated heterocycles. The third-order valence-electron chi connectivity index (χ3n) is 5.02. The van der Waals surface area contributed by atoms with E-state index in [1.807, 2.05) is 10.9 Å². The standard InChI is InChI=1S/C17H17N5O/c18-11-12-1-3-13(4-2-12)17(23)22-14-5-6-15(22)10-16(9-14)21-8-7-19-20-21/h1-4,7-8,14-16H,5-6,9-10H2. The fourth-order valence-corrected chi connectivity index (χ4v) is 3.94. The number of carbonyl (C=O) groups is 1. The number of carbonyl (C=O) groups excluding carboxylic acids is 1. The highest BCUT2D eigenvalue weighted by molar-refractivity contribution is 5.95. The summed E-state index contributed by atoms with van der Waals surface area (Å²) < 4.78 is 1.93. The van der Waals surface area contributed by atoms with Gasteiger partial charge >= 0.3 is 0 Å². The van der Waals surface area contributed by atoms with Crippen LogP contribution in [0.3, 0.4) is 0 Å². The van der Waals surface area contributed by atoms with Gasteiger partial charge < -0.3 is 4.90 Å². The molecule has 0 radical (unpaired) electrons. The van der Waals surface area contributed by atoms with Crippen molar-refractivity contribution in [2.75, 3.05) is 0 Å². The van der Waals surface area contributed by atoms with Gasteiger partial charge in [-0.2, -0.15) is 5.26 Å². The summed E-state index contributed by atoms with van der Waals surface area (Å²) in [7, 11) is 0. The predicted octanol–water partition coefficient (Wildman–Crippen LogP) is 2.16. The van der Waals surface area contributed by atoms with E-state index in [9.17, 15) is 4.79 Å². The SMILES string of the molecule is N#Cc1ccc(C(=O)N2C3CCC2CC(n2ccnn2)C3)cc1. The van der Waals surface area contributed by atoms with E-state index in [1.165, 1.54) is 0 Å². The Labute approximate surface area is 134 Å². The third kappa shape index (κ3) is 2.38. The Bertz CT molecular complexity index is 732. The van der Waals surface area contributed by atoms with E-state index in [-0.39, 0.29) is 18.0 Å². The van der Waals surface area contributed by atoms with E-state index < -0.39 is 0 Å². The number of aromatic nitrogens is 3. The monoisotopic (exact) mass is 307 g/mol. The van der Waals surface area contributed by atoms with Gasteiger partial charge in [0.2, 0.25) is 0 Å². The van der Waals surface area contributed by atoms with Crippen molar-refractivity contribution >= 4 is 5.91 Å². The van der Waals surface area contributed by atoms with Crippen LogP contribution in [0.25, 0.3) is 0 Å². The van der Waals surface area contributed by atoms with Crippen LogP contribution >= 0.6 is 0 Å². The number of hydrogen-bond donors (Lipinski definition) is 0. The van der Waals surface area contributed by atoms with Crippen molar-refractivity contribution in [2.45, 2.75) is 43.8 Å². The lowest BCUT2D eigenvalue weighted by Crippen LogP contribution is -2.47. The molecule has 2 fully saturated rings. The highest BCUT2D eigenvalue weighted by Crippen LogP contribution is 2.41. The first kappa shape index (κ1) is 13.9. The zero-order valence-electron chi connectivity index (χ0n) is 12.7. The van der Waals surface area contributed by atoms with E-state index in [0.717, 1.165) is 25.7 Å². The molecule has 0 N–H and O–H groups in total. The van der Waals surface area contributed by atoms with Crippen molar-refractivity contribution < 1.29 is 4.79 Å². The smallest absolute Gasteiger partial charge is 0.254 e. The predicted molar refractivity (Wildman–Crippen MR) is 82.4 cm³/mol. The first-order chi connectivity index (χ1) is 11.3. The zero-order valence-corrected chi connectivity index (χ0v) is 12.7. The van der Waals surface area contributed by atoms with Crippen LogP contribution in [0.1, 0.15) is 47.6 Å². The van der Waals surface area contributed by atoms with E-state index in [0.29, 0.717) is 17.2 Å². The van der Waals surface area contributed by atoms with Crippen molar-refractivity contribution in [2.24, 2.45) is 0 Å². The number of fused-ring (bicyclic) bond motifs is 2. The summed E-state index contributed by atoms with van der Waals surface area (Å²) in [5.41, 5.74) is 1.24. The minimum Gasteiger partial charge on any atom is -0.333 e. The number of nitriles is 1. The number of hydrogen-bond acceptors (Lipinski definition) is 4. The Hall–Kier alpha value is -2.68. The van der Waals surface area contributed by atoms with Gasteiger partial charge in [-0.1, -0.05) is 5.21 Å². The van der Waals surface area contributed by atoms with Crippen LogP contribution in [0.4, 0.5) is 0 Å². The molecule has 0 aliphatic carbocycles. The fourth-order valence-electron chi connectivity index (χ4n) is 3.94. The summed E-state index contributed by atoms with van der Waals surface area (Å²) in [6.07, 6.45) is 7.58. The third-order valence-corrected chi connectivity index (χ3v) is 5.02. The molecule has 0 spiro atoms. The fraction of sp³-hybridized carbons (Fsp3) is 0.412. The summed E-state index contributed by atoms with van der Waals surface area (Å²) >= 11 is 0. The van der Waals surface area contributed by atoms with Gasteiger partial charge in [0.1, 0.15) is 0 Å². The van der Waals surface area contributed by atoms with E-state index in [1.54, 1.807) is 30.5 Å². The van der Waals surface area contributed by atoms with E-state index >= 15 is 0 Å². The number of nitrogens with zero attached hydrogens (tertiary/aromatic N) is 5. The molecule has 4 rings (SSSR count). The van der Waals surface area contributed by atoms with Crippen LogP contribution in [0.15, 0.2) is 36.7 Å². The highest BCUT2D eigenvalue weighted by atomic mass is 16.2. The average Bonchev–Trinajstić information content (AvgIpc) is 3.21. The van der Waals surface area contributed by atoms with Crippen molar-refractivity contribution in [3.63, 3.8) is 0 Å². The molecule has 1 amide bonds. The lowest BCUT2D eigenvalue weighted by atomic mass is 9.96. The van der Waals surface area contributed by atoms with Crippen molar-refractivity contribution in [3.8, 4) is 6.07 Å². The molecule has 1 aromatic carbocycles. The second-order valence-electron chi connectivity index (χ2n) is 6.29. The maximum Gasteiger partial charge on any atom is 0.254 e. The van der Waals surface area contributed by atoms with Gasteiger partial charge in [-0.05, 0) is 49.9 Å². The normalized spacial score (nSPS) is 26.0. The molecule has 2 atom stereocenters. The number of amides is 1. The van der Waals surface area contributed by atoms with Gasteiger partial charge in [0.25, 0.3) is 5.91 Å². The Morgan fingerprint density at radius 3 is 2.39 bits per heavy atom. The van der Waals surface area contributed by atoms with Crippen LogP contribution in [-0.2, 0) is 0 Å². The molecule has 0 saturated carbocycles. The molecule has 2 aliphatic rings. The van der Waals surface area contributed by atoms with Gasteiger partial charge in [-0.25, -0.2) is 4.68 Å². The quantitative estimate of drug-likeness (QED) is 0.852. The largest absolute Gasteiger partial charge is 0.333 e. The van der Waals surface area contributed by atoms with Crippen molar-refractivity contribution in [1.29, 1.82) is 5.26 Å². The minimum atomic E-state index is 0.0824. The molecule has 1 aromatic heterocycles. The van der Waals surface area contributed by atoms with E-state index in [4.69, 9.17) is 5.26 Å². The Morgan fingerprint density at radius 1 is 1.13 bits per heavy atom. The summed E-state index contributed by atoms with van der Waals surface area (Å²) in [6, 6.07) is 9.87. The van der Waals surface area contributed by atoms with Gasteiger partial charge in [-0.3, -0.25) is 4.79 Å². The summed E-state index contributed by atoms with van der Waals surface area (Å²) in [4.78, 5) is 14.9. The Balaban J connectivity index is 1.54. The van der Waals surface area contributed by atoms with Gasteiger partial charge in [0.05, 0.1) is 23.9 Å². The topological polar surface area (TPSA) is 74.8 Å². The summed E-state index contributed by atoms with van der Waals surface area (Å²) in [5.74, 6) is 0.0824. The molecule has 23 heavy (non-hydrogen) atoms. The second kappa shape index (κ2) is 5.51. The first-order valence-corrected chi connectivity index (χ1v) is 7.95. The molecule has 6 nitrogen and oxygen atoms in total. The maximum atomic E-state index is 12.9. The number of piperidine rings is 1. The van der Waals surface area contributed by atoms with Gasteiger partial charge in [0.15, 0.2) is 0 Å². The van der Waals surface area contributed by atoms with Gasteiger partial charge in [-0.15, -0.1) is 5.10 Å². The van der Waals surface area contributed by atoms with Crippen LogP contribution in [-0.4, -0.2) is 37.9 Å². The first-order valence-electron chi connectivity index (χ1n) is 7.95. The summed E-state index contributed by atoms with van der Waals surface area (Å²) in [6.45, 7) is 0. The van der Waals surface area contributed by atoms with Crippen LogP contribution in [0.5, 0.6) is 0 Å². The lowest BCUT2D eigenvalue weighted by molar-refractivity contribution is 0.0523. The van der Waals surface area contributed by atoms with Crippen molar-refractivity contribution in [3.05, 3.63) is 47.8 Å². The second-order valence-corrected chi connectivity index (χ2v) is 6.29. The highest BCUT2D eigenvalue weighted by Gasteiger charge is 2.44. The molecule has 2 bridgehead atoms. The molecule has 2 unspecified atom stereocenters. The maximum absolute atomic E-state index is 12.9. The molecule has 116 valence electrons. The van der Waals surface area contributed by atoms with E-state index in [2.05, 4.69) is 21.3 Å². The molecule has 2 aromatic rings. The van der Waals surface area contributed by atoms with Crippen LogP contribution < -0.4 is 0 Å². The lowest BCUT2D eigenvalue weighted by Gasteiger charge is -2.38. The molecule has 6 heteroatoms. The summed E-state index contributed by atoms with van der Waals surface area (Å²) in [5, 5.41) is 16.9. The molecule has 2 aliphatic heterocycles. The number of rotatable bonds is 2. The Kier molecular flexibility index (Phi) is 3.34.